The van der Waals surface area contributed by atoms with Crippen molar-refractivity contribution in [3.8, 4) is 0 Å². The van der Waals surface area contributed by atoms with Crippen LogP contribution < -0.4 is 0 Å². The Morgan fingerprint density at radius 2 is 1.96 bits per heavy atom. The van der Waals surface area contributed by atoms with E-state index in [1.807, 2.05) is 29.2 Å². The molecule has 1 N–H and O–H groups in total. The van der Waals surface area contributed by atoms with Gasteiger partial charge in [0, 0.05) is 31.9 Å². The van der Waals surface area contributed by atoms with E-state index in [1.165, 1.54) is 0 Å². The number of carbonyl (C=O) groups is 1. The van der Waals surface area contributed by atoms with Crippen LogP contribution in [0.3, 0.4) is 0 Å². The maximum atomic E-state index is 13.4. The summed E-state index contributed by atoms with van der Waals surface area (Å²) in [6, 6.07) is 7.60. The summed E-state index contributed by atoms with van der Waals surface area (Å²) in [4.78, 5) is 32.1. The molecular weight excluding hydrogens is 330 g/mol. The van der Waals surface area contributed by atoms with Crippen LogP contribution in [0.25, 0.3) is 11.0 Å². The molecule has 0 saturated carbocycles. The molecule has 1 amide bonds. The highest BCUT2D eigenvalue weighted by Crippen LogP contribution is 2.42. The zero-order valence-corrected chi connectivity index (χ0v) is 14.3. The standard InChI is InChI=1S/C19H19N5O2/c25-18(16-11-20-13-3-1-2-4-14(13)23-16)24-8-5-15-17(22-12-21-15)19(24)6-9-26-10-7-19/h1-4,11-12H,5-10H2,(H,21,22). The number of para-hydroxylation sites is 2. The molecule has 132 valence electrons. The Kier molecular flexibility index (Phi) is 3.49. The first-order valence-corrected chi connectivity index (χ1v) is 8.92. The van der Waals surface area contributed by atoms with Crippen molar-refractivity contribution in [2.24, 2.45) is 0 Å². The van der Waals surface area contributed by atoms with Gasteiger partial charge in [0.15, 0.2) is 0 Å². The minimum Gasteiger partial charge on any atom is -0.381 e. The topological polar surface area (TPSA) is 84.0 Å². The van der Waals surface area contributed by atoms with Crippen LogP contribution in [0.5, 0.6) is 0 Å². The molecule has 3 aromatic rings. The van der Waals surface area contributed by atoms with E-state index >= 15 is 0 Å². The number of carbonyl (C=O) groups excluding carboxylic acids is 1. The summed E-state index contributed by atoms with van der Waals surface area (Å²) in [5.74, 6) is -0.0844. The first-order chi connectivity index (χ1) is 12.8. The van der Waals surface area contributed by atoms with E-state index in [1.54, 1.807) is 12.5 Å². The van der Waals surface area contributed by atoms with E-state index in [9.17, 15) is 4.79 Å². The Bertz CT molecular complexity index is 977. The number of aromatic amines is 1. The molecule has 26 heavy (non-hydrogen) atoms. The molecule has 7 heteroatoms. The fraction of sp³-hybridized carbons (Fsp3) is 0.368. The van der Waals surface area contributed by atoms with Crippen molar-refractivity contribution in [1.29, 1.82) is 0 Å². The Hall–Kier alpha value is -2.80. The largest absolute Gasteiger partial charge is 0.381 e. The van der Waals surface area contributed by atoms with Gasteiger partial charge in [0.05, 0.1) is 34.8 Å². The molecule has 0 aliphatic carbocycles. The van der Waals surface area contributed by atoms with Gasteiger partial charge in [-0.3, -0.25) is 9.78 Å². The van der Waals surface area contributed by atoms with Crippen LogP contribution in [0.1, 0.15) is 34.7 Å². The number of H-pyrrole nitrogens is 1. The van der Waals surface area contributed by atoms with Gasteiger partial charge in [-0.25, -0.2) is 9.97 Å². The number of imidazole rings is 1. The molecule has 7 nitrogen and oxygen atoms in total. The second-order valence-corrected chi connectivity index (χ2v) is 6.82. The summed E-state index contributed by atoms with van der Waals surface area (Å²) in [6.07, 6.45) is 5.57. The first kappa shape index (κ1) is 15.5. The number of benzene rings is 1. The van der Waals surface area contributed by atoms with Gasteiger partial charge in [0.1, 0.15) is 5.69 Å². The van der Waals surface area contributed by atoms with Crippen molar-refractivity contribution in [2.45, 2.75) is 24.8 Å². The predicted molar refractivity (Wildman–Crippen MR) is 94.6 cm³/mol. The maximum Gasteiger partial charge on any atom is 0.274 e. The highest BCUT2D eigenvalue weighted by molar-refractivity contribution is 5.94. The van der Waals surface area contributed by atoms with Crippen molar-refractivity contribution in [3.63, 3.8) is 0 Å². The number of amides is 1. The summed E-state index contributed by atoms with van der Waals surface area (Å²) in [6.45, 7) is 1.89. The molecule has 1 spiro atoms. The molecule has 0 bridgehead atoms. The normalized spacial score (nSPS) is 18.8. The lowest BCUT2D eigenvalue weighted by Gasteiger charge is -2.48. The number of aromatic nitrogens is 4. The smallest absolute Gasteiger partial charge is 0.274 e. The molecular formula is C19H19N5O2. The van der Waals surface area contributed by atoms with E-state index in [0.717, 1.165) is 41.7 Å². The maximum absolute atomic E-state index is 13.4. The Morgan fingerprint density at radius 3 is 2.81 bits per heavy atom. The van der Waals surface area contributed by atoms with Crippen molar-refractivity contribution in [2.75, 3.05) is 19.8 Å². The quantitative estimate of drug-likeness (QED) is 0.727. The van der Waals surface area contributed by atoms with Crippen molar-refractivity contribution in [1.82, 2.24) is 24.8 Å². The number of nitrogens with zero attached hydrogens (tertiary/aromatic N) is 4. The third kappa shape index (κ3) is 2.24. The summed E-state index contributed by atoms with van der Waals surface area (Å²) in [5, 5.41) is 0. The zero-order valence-electron chi connectivity index (χ0n) is 14.3. The second-order valence-electron chi connectivity index (χ2n) is 6.82. The van der Waals surface area contributed by atoms with Crippen molar-refractivity contribution >= 4 is 16.9 Å². The van der Waals surface area contributed by atoms with Crippen LogP contribution in [0, 0.1) is 0 Å². The van der Waals surface area contributed by atoms with Crippen molar-refractivity contribution < 1.29 is 9.53 Å². The zero-order chi connectivity index (χ0) is 17.6. The monoisotopic (exact) mass is 349 g/mol. The number of fused-ring (bicyclic) bond motifs is 3. The Labute approximate surface area is 150 Å². The number of rotatable bonds is 1. The highest BCUT2D eigenvalue weighted by Gasteiger charge is 2.48. The molecule has 1 aromatic carbocycles. The summed E-state index contributed by atoms with van der Waals surface area (Å²) >= 11 is 0. The number of ether oxygens (including phenoxy) is 1. The molecule has 1 fully saturated rings. The third-order valence-electron chi connectivity index (χ3n) is 5.49. The molecule has 2 aliphatic rings. The first-order valence-electron chi connectivity index (χ1n) is 8.92. The molecule has 5 rings (SSSR count). The van der Waals surface area contributed by atoms with E-state index in [2.05, 4.69) is 19.9 Å². The fourth-order valence-electron chi connectivity index (χ4n) is 4.19. The van der Waals surface area contributed by atoms with E-state index in [-0.39, 0.29) is 5.91 Å². The van der Waals surface area contributed by atoms with Gasteiger partial charge >= 0.3 is 0 Å². The second kappa shape index (κ2) is 5.88. The van der Waals surface area contributed by atoms with Gasteiger partial charge in [0.2, 0.25) is 0 Å². The van der Waals surface area contributed by atoms with Gasteiger partial charge in [-0.05, 0) is 25.0 Å². The predicted octanol–water partition coefficient (Wildman–Crippen LogP) is 2.06. The summed E-state index contributed by atoms with van der Waals surface area (Å²) < 4.78 is 5.58. The molecule has 0 atom stereocenters. The van der Waals surface area contributed by atoms with Gasteiger partial charge in [-0.15, -0.1) is 0 Å². The van der Waals surface area contributed by atoms with E-state index in [0.29, 0.717) is 25.5 Å². The van der Waals surface area contributed by atoms with Crippen LogP contribution >= 0.6 is 0 Å². The number of hydrogen-bond acceptors (Lipinski definition) is 5. The van der Waals surface area contributed by atoms with Crippen LogP contribution in [-0.4, -0.2) is 50.5 Å². The summed E-state index contributed by atoms with van der Waals surface area (Å²) in [5.41, 5.74) is 3.59. The summed E-state index contributed by atoms with van der Waals surface area (Å²) in [7, 11) is 0. The molecule has 0 unspecified atom stereocenters. The Balaban J connectivity index is 1.57. The van der Waals surface area contributed by atoms with Gasteiger partial charge < -0.3 is 14.6 Å². The van der Waals surface area contributed by atoms with Crippen LogP contribution in [0.2, 0.25) is 0 Å². The van der Waals surface area contributed by atoms with Crippen LogP contribution in [0.15, 0.2) is 36.8 Å². The van der Waals surface area contributed by atoms with Crippen LogP contribution in [-0.2, 0) is 16.7 Å². The van der Waals surface area contributed by atoms with Crippen molar-refractivity contribution in [3.05, 3.63) is 53.9 Å². The lowest BCUT2D eigenvalue weighted by Crippen LogP contribution is -2.56. The average Bonchev–Trinajstić information content (AvgIpc) is 3.18. The number of nitrogens with one attached hydrogen (secondary N) is 1. The van der Waals surface area contributed by atoms with E-state index in [4.69, 9.17) is 4.74 Å². The molecule has 0 radical (unpaired) electrons. The minimum absolute atomic E-state index is 0.0844. The molecule has 2 aliphatic heterocycles. The SMILES string of the molecule is O=C(c1cnc2ccccc2n1)N1CCc2[nH]cnc2C12CCOCC2. The van der Waals surface area contributed by atoms with Gasteiger partial charge in [0.25, 0.3) is 5.91 Å². The highest BCUT2D eigenvalue weighted by atomic mass is 16.5. The number of hydrogen-bond donors (Lipinski definition) is 1. The van der Waals surface area contributed by atoms with E-state index < -0.39 is 5.54 Å². The molecule has 2 aromatic heterocycles. The van der Waals surface area contributed by atoms with Gasteiger partial charge in [-0.1, -0.05) is 12.1 Å². The van der Waals surface area contributed by atoms with Crippen LogP contribution in [0.4, 0.5) is 0 Å². The minimum atomic E-state index is -0.420. The Morgan fingerprint density at radius 1 is 1.15 bits per heavy atom. The van der Waals surface area contributed by atoms with Gasteiger partial charge in [-0.2, -0.15) is 0 Å². The average molecular weight is 349 g/mol. The third-order valence-corrected chi connectivity index (χ3v) is 5.49. The lowest BCUT2D eigenvalue weighted by atomic mass is 9.80. The lowest BCUT2D eigenvalue weighted by molar-refractivity contribution is -0.0296. The molecule has 4 heterocycles. The molecule has 1 saturated heterocycles. The fourth-order valence-corrected chi connectivity index (χ4v) is 4.19.